The SMILES string of the molecule is C=Cc1ccc(CP(=O)(COCCC#N)COCCC#N)cc1. The second-order valence-corrected chi connectivity index (χ2v) is 8.00. The van der Waals surface area contributed by atoms with E-state index in [0.29, 0.717) is 6.16 Å². The van der Waals surface area contributed by atoms with Crippen molar-refractivity contribution >= 4 is 13.2 Å². The average Bonchev–Trinajstić information content (AvgIpc) is 2.57. The summed E-state index contributed by atoms with van der Waals surface area (Å²) in [5.41, 5.74) is 1.94. The highest BCUT2D eigenvalue weighted by atomic mass is 31.2. The summed E-state index contributed by atoms with van der Waals surface area (Å²) in [6.07, 6.45) is 2.80. The highest BCUT2D eigenvalue weighted by molar-refractivity contribution is 7.62. The van der Waals surface area contributed by atoms with Crippen molar-refractivity contribution in [3.63, 3.8) is 0 Å². The quantitative estimate of drug-likeness (QED) is 0.452. The van der Waals surface area contributed by atoms with E-state index in [1.54, 1.807) is 6.08 Å². The standard InChI is InChI=1S/C17H21N2O3P/c1-2-16-5-7-17(8-6-16)13-23(20,14-21-11-3-9-18)15-22-12-4-10-19/h2,5-8H,1,3-4,11-15H2. The van der Waals surface area contributed by atoms with Gasteiger partial charge in [0, 0.05) is 6.16 Å². The lowest BCUT2D eigenvalue weighted by Gasteiger charge is -2.18. The van der Waals surface area contributed by atoms with E-state index >= 15 is 0 Å². The maximum absolute atomic E-state index is 13.0. The number of nitrogens with zero attached hydrogens (tertiary/aromatic N) is 2. The van der Waals surface area contributed by atoms with Gasteiger partial charge in [-0.15, -0.1) is 0 Å². The number of benzene rings is 1. The fourth-order valence-electron chi connectivity index (χ4n) is 1.92. The lowest BCUT2D eigenvalue weighted by Crippen LogP contribution is -2.07. The van der Waals surface area contributed by atoms with Crippen molar-refractivity contribution in [1.82, 2.24) is 0 Å². The summed E-state index contributed by atoms with van der Waals surface area (Å²) in [5.74, 6) is 0. The van der Waals surface area contributed by atoms with Crippen LogP contribution in [0.2, 0.25) is 0 Å². The Morgan fingerprint density at radius 2 is 1.57 bits per heavy atom. The fraction of sp³-hybridized carbons (Fsp3) is 0.412. The molecule has 0 atom stereocenters. The molecular weight excluding hydrogens is 311 g/mol. The molecule has 0 unspecified atom stereocenters. The molecule has 0 saturated carbocycles. The first-order chi connectivity index (χ1) is 11.1. The van der Waals surface area contributed by atoms with Gasteiger partial charge < -0.3 is 14.0 Å². The van der Waals surface area contributed by atoms with Gasteiger partial charge in [-0.05, 0) is 11.1 Å². The summed E-state index contributed by atoms with van der Waals surface area (Å²) in [7, 11) is -2.73. The van der Waals surface area contributed by atoms with Crippen molar-refractivity contribution in [3.8, 4) is 12.1 Å². The van der Waals surface area contributed by atoms with Gasteiger partial charge in [0.25, 0.3) is 0 Å². The highest BCUT2D eigenvalue weighted by Crippen LogP contribution is 2.49. The van der Waals surface area contributed by atoms with Gasteiger partial charge in [0.05, 0.1) is 38.2 Å². The molecule has 0 radical (unpaired) electrons. The van der Waals surface area contributed by atoms with Crippen LogP contribution in [0.1, 0.15) is 24.0 Å². The molecule has 1 aromatic rings. The van der Waals surface area contributed by atoms with Gasteiger partial charge in [0.15, 0.2) is 0 Å². The van der Waals surface area contributed by atoms with Crippen molar-refractivity contribution in [1.29, 1.82) is 10.5 Å². The molecule has 1 rings (SSSR count). The number of hydrogen-bond donors (Lipinski definition) is 0. The van der Waals surface area contributed by atoms with Crippen molar-refractivity contribution in [2.24, 2.45) is 0 Å². The number of nitriles is 2. The molecule has 6 heteroatoms. The predicted molar refractivity (Wildman–Crippen MR) is 89.9 cm³/mol. The summed E-state index contributed by atoms with van der Waals surface area (Å²) in [5, 5.41) is 17.0. The second-order valence-electron chi connectivity index (χ2n) is 5.05. The Morgan fingerprint density at radius 3 is 2.00 bits per heavy atom. The van der Waals surface area contributed by atoms with Crippen LogP contribution in [0.4, 0.5) is 0 Å². The predicted octanol–water partition coefficient (Wildman–Crippen LogP) is 3.97. The summed E-state index contributed by atoms with van der Waals surface area (Å²) < 4.78 is 23.8. The minimum Gasteiger partial charge on any atom is -0.373 e. The van der Waals surface area contributed by atoms with Gasteiger partial charge in [0.1, 0.15) is 19.8 Å². The van der Waals surface area contributed by atoms with Gasteiger partial charge in [-0.1, -0.05) is 36.9 Å². The third kappa shape index (κ3) is 7.77. The highest BCUT2D eigenvalue weighted by Gasteiger charge is 2.23. The first kappa shape index (κ1) is 19.1. The second kappa shape index (κ2) is 10.8. The number of ether oxygens (including phenoxy) is 2. The van der Waals surface area contributed by atoms with Crippen molar-refractivity contribution < 1.29 is 14.0 Å². The molecule has 0 heterocycles. The zero-order valence-corrected chi connectivity index (χ0v) is 14.0. The topological polar surface area (TPSA) is 83.1 Å². The van der Waals surface area contributed by atoms with Crippen LogP contribution in [-0.4, -0.2) is 25.9 Å². The Labute approximate surface area is 137 Å². The molecule has 0 aliphatic heterocycles. The minimum atomic E-state index is -2.73. The molecule has 5 nitrogen and oxygen atoms in total. The molecule has 0 N–H and O–H groups in total. The largest absolute Gasteiger partial charge is 0.373 e. The Bertz CT molecular complexity index is 588. The Balaban J connectivity index is 2.67. The van der Waals surface area contributed by atoms with E-state index in [4.69, 9.17) is 20.0 Å². The zero-order valence-electron chi connectivity index (χ0n) is 13.1. The van der Waals surface area contributed by atoms with Gasteiger partial charge in [-0.25, -0.2) is 0 Å². The molecule has 0 amide bonds. The summed E-state index contributed by atoms with van der Waals surface area (Å²) in [4.78, 5) is 0. The minimum absolute atomic E-state index is 0.0739. The van der Waals surface area contributed by atoms with Gasteiger partial charge in [-0.3, -0.25) is 0 Å². The monoisotopic (exact) mass is 332 g/mol. The van der Waals surface area contributed by atoms with Crippen LogP contribution >= 0.6 is 7.14 Å². The molecule has 0 aliphatic carbocycles. The molecule has 122 valence electrons. The molecule has 0 aliphatic rings. The Hall–Kier alpha value is -1.91. The van der Waals surface area contributed by atoms with Gasteiger partial charge in [-0.2, -0.15) is 10.5 Å². The normalized spacial score (nSPS) is 10.7. The molecule has 23 heavy (non-hydrogen) atoms. The van der Waals surface area contributed by atoms with E-state index < -0.39 is 7.14 Å². The zero-order chi connectivity index (χ0) is 17.0. The first-order valence-corrected chi connectivity index (χ1v) is 9.57. The van der Waals surface area contributed by atoms with E-state index in [-0.39, 0.29) is 38.8 Å². The van der Waals surface area contributed by atoms with Gasteiger partial charge in [0.2, 0.25) is 0 Å². The van der Waals surface area contributed by atoms with E-state index in [1.807, 2.05) is 36.4 Å². The van der Waals surface area contributed by atoms with Crippen LogP contribution < -0.4 is 0 Å². The van der Waals surface area contributed by atoms with E-state index in [0.717, 1.165) is 11.1 Å². The van der Waals surface area contributed by atoms with Crippen LogP contribution in [0, 0.1) is 22.7 Å². The number of rotatable bonds is 11. The molecule has 0 saturated heterocycles. The maximum Gasteiger partial charge on any atom is 0.140 e. The third-order valence-corrected chi connectivity index (χ3v) is 5.30. The fourth-order valence-corrected chi connectivity index (χ4v) is 3.97. The molecule has 1 aromatic carbocycles. The van der Waals surface area contributed by atoms with Crippen LogP contribution in [-0.2, 0) is 20.2 Å². The Morgan fingerprint density at radius 1 is 1.04 bits per heavy atom. The van der Waals surface area contributed by atoms with Crippen molar-refractivity contribution in [2.45, 2.75) is 19.0 Å². The van der Waals surface area contributed by atoms with Crippen LogP contribution in [0.3, 0.4) is 0 Å². The summed E-state index contributed by atoms with van der Waals surface area (Å²) >= 11 is 0. The van der Waals surface area contributed by atoms with E-state index in [1.165, 1.54) is 0 Å². The van der Waals surface area contributed by atoms with E-state index in [2.05, 4.69) is 6.58 Å². The van der Waals surface area contributed by atoms with Crippen molar-refractivity contribution in [3.05, 3.63) is 42.0 Å². The third-order valence-electron chi connectivity index (χ3n) is 3.06. The molecule has 0 spiro atoms. The average molecular weight is 332 g/mol. The van der Waals surface area contributed by atoms with E-state index in [9.17, 15) is 4.57 Å². The molecule has 0 fully saturated rings. The lowest BCUT2D eigenvalue weighted by atomic mass is 10.1. The van der Waals surface area contributed by atoms with Crippen molar-refractivity contribution in [2.75, 3.05) is 25.9 Å². The van der Waals surface area contributed by atoms with Crippen LogP contribution in [0.25, 0.3) is 6.08 Å². The Kier molecular flexibility index (Phi) is 8.95. The molecular formula is C17H21N2O3P. The lowest BCUT2D eigenvalue weighted by molar-refractivity contribution is 0.160. The summed E-state index contributed by atoms with van der Waals surface area (Å²) in [6, 6.07) is 11.6. The molecule has 0 bridgehead atoms. The first-order valence-electron chi connectivity index (χ1n) is 7.31. The van der Waals surface area contributed by atoms with Crippen LogP contribution in [0.15, 0.2) is 30.8 Å². The van der Waals surface area contributed by atoms with Crippen LogP contribution in [0.5, 0.6) is 0 Å². The molecule has 0 aromatic heterocycles. The smallest absolute Gasteiger partial charge is 0.140 e. The number of hydrogen-bond acceptors (Lipinski definition) is 5. The maximum atomic E-state index is 13.0. The van der Waals surface area contributed by atoms with Gasteiger partial charge >= 0.3 is 0 Å². The summed E-state index contributed by atoms with van der Waals surface area (Å²) in [6.45, 7) is 4.22.